The van der Waals surface area contributed by atoms with Gasteiger partial charge >= 0.3 is 0 Å². The quantitative estimate of drug-likeness (QED) is 0.725. The Hall–Kier alpha value is -1.78. The summed E-state index contributed by atoms with van der Waals surface area (Å²) in [5.41, 5.74) is 2.57. The molecule has 132 valence electrons. The fourth-order valence-corrected chi connectivity index (χ4v) is 4.00. The van der Waals surface area contributed by atoms with E-state index in [9.17, 15) is 4.79 Å². The van der Waals surface area contributed by atoms with Crippen molar-refractivity contribution in [2.45, 2.75) is 37.2 Å². The first-order chi connectivity index (χ1) is 12.3. The minimum absolute atomic E-state index is 0.124. The van der Waals surface area contributed by atoms with Gasteiger partial charge in [-0.1, -0.05) is 42.5 Å². The molecule has 25 heavy (non-hydrogen) atoms. The lowest BCUT2D eigenvalue weighted by molar-refractivity contribution is -0.120. The molecule has 1 amide bonds. The Bertz CT molecular complexity index is 669. The van der Waals surface area contributed by atoms with Crippen molar-refractivity contribution < 1.29 is 4.79 Å². The predicted molar refractivity (Wildman–Crippen MR) is 105 cm³/mol. The first kappa shape index (κ1) is 18.0. The summed E-state index contributed by atoms with van der Waals surface area (Å²) in [7, 11) is 0. The lowest BCUT2D eigenvalue weighted by Crippen LogP contribution is -2.25. The van der Waals surface area contributed by atoms with E-state index in [1.54, 1.807) is 11.8 Å². The highest BCUT2D eigenvalue weighted by Crippen LogP contribution is 2.18. The summed E-state index contributed by atoms with van der Waals surface area (Å²) in [4.78, 5) is 15.8. The van der Waals surface area contributed by atoms with Crippen molar-refractivity contribution in [3.63, 3.8) is 0 Å². The van der Waals surface area contributed by atoms with Crippen LogP contribution >= 0.6 is 11.8 Å². The van der Waals surface area contributed by atoms with E-state index < -0.39 is 0 Å². The monoisotopic (exact) mass is 354 g/mol. The summed E-state index contributed by atoms with van der Waals surface area (Å²) in [6.07, 6.45) is 3.16. The molecule has 0 saturated carbocycles. The number of nitrogens with zero attached hydrogens (tertiary/aromatic N) is 1. The van der Waals surface area contributed by atoms with Crippen LogP contribution in [0.4, 0.5) is 0 Å². The number of thioether (sulfide) groups is 1. The van der Waals surface area contributed by atoms with Crippen LogP contribution in [0.25, 0.3) is 0 Å². The maximum Gasteiger partial charge on any atom is 0.221 e. The van der Waals surface area contributed by atoms with Crippen LogP contribution in [0, 0.1) is 0 Å². The van der Waals surface area contributed by atoms with Crippen molar-refractivity contribution in [3.05, 3.63) is 65.7 Å². The molecule has 0 radical (unpaired) electrons. The Morgan fingerprint density at radius 2 is 1.64 bits per heavy atom. The maximum atomic E-state index is 12.1. The van der Waals surface area contributed by atoms with Crippen LogP contribution in [0.1, 0.15) is 30.4 Å². The van der Waals surface area contributed by atoms with E-state index in [0.29, 0.717) is 13.0 Å². The normalized spacial score (nSPS) is 14.6. The van der Waals surface area contributed by atoms with Crippen molar-refractivity contribution in [2.75, 3.05) is 18.8 Å². The van der Waals surface area contributed by atoms with E-state index in [1.165, 1.54) is 42.0 Å². The van der Waals surface area contributed by atoms with Gasteiger partial charge in [-0.2, -0.15) is 0 Å². The molecule has 0 atom stereocenters. The topological polar surface area (TPSA) is 32.3 Å². The van der Waals surface area contributed by atoms with Gasteiger partial charge in [0.25, 0.3) is 0 Å². The highest BCUT2D eigenvalue weighted by Gasteiger charge is 2.13. The van der Waals surface area contributed by atoms with Gasteiger partial charge in [0.2, 0.25) is 5.91 Å². The highest BCUT2D eigenvalue weighted by molar-refractivity contribution is 7.99. The standard InChI is InChI=1S/C21H26N2OS/c24-21(12-15-25-20-10-2-1-3-11-20)22-16-18-8-4-5-9-19(18)17-23-13-6-7-14-23/h1-5,8-11H,6-7,12-17H2,(H,22,24). The van der Waals surface area contributed by atoms with Crippen LogP contribution in [0.5, 0.6) is 0 Å². The number of hydrogen-bond acceptors (Lipinski definition) is 3. The van der Waals surface area contributed by atoms with Crippen LogP contribution in [0.3, 0.4) is 0 Å². The van der Waals surface area contributed by atoms with E-state index in [1.807, 2.05) is 18.2 Å². The summed E-state index contributed by atoms with van der Waals surface area (Å²) in [5.74, 6) is 0.935. The molecule has 2 aromatic carbocycles. The number of nitrogens with one attached hydrogen (secondary N) is 1. The van der Waals surface area contributed by atoms with E-state index in [2.05, 4.69) is 46.6 Å². The third-order valence-electron chi connectivity index (χ3n) is 4.53. The largest absolute Gasteiger partial charge is 0.352 e. The Morgan fingerprint density at radius 3 is 2.40 bits per heavy atom. The van der Waals surface area contributed by atoms with Crippen LogP contribution in [-0.2, 0) is 17.9 Å². The van der Waals surface area contributed by atoms with Gasteiger partial charge in [-0.3, -0.25) is 9.69 Å². The van der Waals surface area contributed by atoms with Crippen LogP contribution in [0.2, 0.25) is 0 Å². The number of benzene rings is 2. The number of rotatable bonds is 8. The summed E-state index contributed by atoms with van der Waals surface area (Å²) in [5, 5.41) is 3.08. The van der Waals surface area contributed by atoms with Gasteiger partial charge in [-0.15, -0.1) is 11.8 Å². The summed E-state index contributed by atoms with van der Waals surface area (Å²) < 4.78 is 0. The van der Waals surface area contributed by atoms with E-state index in [-0.39, 0.29) is 5.91 Å². The summed E-state index contributed by atoms with van der Waals surface area (Å²) >= 11 is 1.73. The molecule has 2 aromatic rings. The summed E-state index contributed by atoms with van der Waals surface area (Å²) in [6.45, 7) is 4.00. The van der Waals surface area contributed by atoms with Crippen molar-refractivity contribution >= 4 is 17.7 Å². The van der Waals surface area contributed by atoms with Gasteiger partial charge < -0.3 is 5.32 Å². The number of likely N-dealkylation sites (tertiary alicyclic amines) is 1. The molecular weight excluding hydrogens is 328 g/mol. The summed E-state index contributed by atoms with van der Waals surface area (Å²) in [6, 6.07) is 18.7. The zero-order valence-corrected chi connectivity index (χ0v) is 15.4. The number of carbonyl (C=O) groups is 1. The van der Waals surface area contributed by atoms with Crippen molar-refractivity contribution in [1.82, 2.24) is 10.2 Å². The minimum atomic E-state index is 0.124. The second-order valence-electron chi connectivity index (χ2n) is 6.44. The second kappa shape index (κ2) is 9.64. The number of amides is 1. The fraction of sp³-hybridized carbons (Fsp3) is 0.381. The lowest BCUT2D eigenvalue weighted by Gasteiger charge is -2.17. The molecule has 1 aliphatic rings. The fourth-order valence-electron chi connectivity index (χ4n) is 3.13. The number of carbonyl (C=O) groups excluding carboxylic acids is 1. The first-order valence-corrected chi connectivity index (χ1v) is 10.0. The average Bonchev–Trinajstić information content (AvgIpc) is 3.15. The van der Waals surface area contributed by atoms with Gasteiger partial charge in [0, 0.05) is 30.2 Å². The van der Waals surface area contributed by atoms with Crippen molar-refractivity contribution in [3.8, 4) is 0 Å². The maximum absolute atomic E-state index is 12.1. The third-order valence-corrected chi connectivity index (χ3v) is 5.54. The molecule has 1 saturated heterocycles. The Morgan fingerprint density at radius 1 is 0.960 bits per heavy atom. The molecule has 0 aromatic heterocycles. The van der Waals surface area contributed by atoms with Gasteiger partial charge in [0.05, 0.1) is 0 Å². The molecule has 0 unspecified atom stereocenters. The highest BCUT2D eigenvalue weighted by atomic mass is 32.2. The van der Waals surface area contributed by atoms with Gasteiger partial charge in [0.1, 0.15) is 0 Å². The third kappa shape index (κ3) is 5.91. The van der Waals surface area contributed by atoms with E-state index in [4.69, 9.17) is 0 Å². The minimum Gasteiger partial charge on any atom is -0.352 e. The molecule has 1 fully saturated rings. The second-order valence-corrected chi connectivity index (χ2v) is 7.61. The Kier molecular flexibility index (Phi) is 6.95. The van der Waals surface area contributed by atoms with Crippen molar-refractivity contribution in [2.24, 2.45) is 0 Å². The predicted octanol–water partition coefficient (Wildman–Crippen LogP) is 4.08. The van der Waals surface area contributed by atoms with Gasteiger partial charge in [0.15, 0.2) is 0 Å². The van der Waals surface area contributed by atoms with E-state index in [0.717, 1.165) is 12.3 Å². The average molecular weight is 355 g/mol. The van der Waals surface area contributed by atoms with Crippen molar-refractivity contribution in [1.29, 1.82) is 0 Å². The van der Waals surface area contributed by atoms with Crippen LogP contribution in [-0.4, -0.2) is 29.6 Å². The molecule has 1 N–H and O–H groups in total. The molecule has 3 nitrogen and oxygen atoms in total. The SMILES string of the molecule is O=C(CCSc1ccccc1)NCc1ccccc1CN1CCCC1. The zero-order valence-electron chi connectivity index (χ0n) is 14.6. The molecule has 1 heterocycles. The molecule has 1 aliphatic heterocycles. The number of hydrogen-bond donors (Lipinski definition) is 1. The van der Waals surface area contributed by atoms with Crippen LogP contribution < -0.4 is 5.32 Å². The molecule has 0 spiro atoms. The zero-order chi connectivity index (χ0) is 17.3. The Labute approximate surface area is 154 Å². The Balaban J connectivity index is 1.43. The van der Waals surface area contributed by atoms with Crippen LogP contribution in [0.15, 0.2) is 59.5 Å². The molecule has 0 aliphatic carbocycles. The molecular formula is C21H26N2OS. The van der Waals surface area contributed by atoms with Gasteiger partial charge in [-0.25, -0.2) is 0 Å². The lowest BCUT2D eigenvalue weighted by atomic mass is 10.1. The van der Waals surface area contributed by atoms with E-state index >= 15 is 0 Å². The molecule has 3 rings (SSSR count). The smallest absolute Gasteiger partial charge is 0.221 e. The first-order valence-electron chi connectivity index (χ1n) is 9.05. The molecule has 4 heteroatoms. The van der Waals surface area contributed by atoms with Gasteiger partial charge in [-0.05, 0) is 49.2 Å². The molecule has 0 bridgehead atoms.